The average Bonchev–Trinajstić information content (AvgIpc) is 2.71. The number of nitrogens with zero attached hydrogens (tertiary/aromatic N) is 1. The van der Waals surface area contributed by atoms with Crippen molar-refractivity contribution in [3.8, 4) is 0 Å². The molecule has 1 N–H and O–H groups in total. The lowest BCUT2D eigenvalue weighted by molar-refractivity contribution is -0.131. The summed E-state index contributed by atoms with van der Waals surface area (Å²) in [6, 6.07) is 0.296. The van der Waals surface area contributed by atoms with Gasteiger partial charge in [-0.2, -0.15) is 0 Å². The van der Waals surface area contributed by atoms with Crippen LogP contribution in [0.5, 0.6) is 0 Å². The van der Waals surface area contributed by atoms with E-state index in [-0.39, 0.29) is 12.1 Å². The number of carbonyl (C=O) groups excluding carboxylic acids is 1. The number of rotatable bonds is 2. The van der Waals surface area contributed by atoms with E-state index in [4.69, 9.17) is 4.74 Å². The number of ether oxygens (including phenoxy) is 1. The molecule has 2 saturated heterocycles. The van der Waals surface area contributed by atoms with Gasteiger partial charge in [-0.1, -0.05) is 13.8 Å². The number of hydrogen-bond acceptors (Lipinski definition) is 3. The molecule has 0 spiro atoms. The smallest absolute Gasteiger partial charge is 0.238 e. The minimum absolute atomic E-state index is 0.203. The van der Waals surface area contributed by atoms with Crippen molar-refractivity contribution in [2.45, 2.75) is 32.5 Å². The van der Waals surface area contributed by atoms with Crippen LogP contribution in [0, 0.1) is 5.92 Å². The van der Waals surface area contributed by atoms with Crippen LogP contribution in [0.25, 0.3) is 0 Å². The minimum atomic E-state index is 0.203. The van der Waals surface area contributed by atoms with Gasteiger partial charge in [-0.25, -0.2) is 0 Å². The largest absolute Gasteiger partial charge is 0.379 e. The van der Waals surface area contributed by atoms with E-state index < -0.39 is 0 Å². The van der Waals surface area contributed by atoms with Crippen molar-refractivity contribution in [1.29, 1.82) is 0 Å². The molecule has 0 aromatic heterocycles. The molecule has 2 aliphatic rings. The van der Waals surface area contributed by atoms with E-state index in [9.17, 15) is 4.79 Å². The Labute approximate surface area is 84.6 Å². The molecular formula is C10H18N2O2. The summed E-state index contributed by atoms with van der Waals surface area (Å²) < 4.78 is 5.32. The van der Waals surface area contributed by atoms with Gasteiger partial charge in [0.2, 0.25) is 5.91 Å². The van der Waals surface area contributed by atoms with Crippen molar-refractivity contribution in [1.82, 2.24) is 10.2 Å². The Kier molecular flexibility index (Phi) is 2.74. The second kappa shape index (κ2) is 3.87. The van der Waals surface area contributed by atoms with E-state index in [1.165, 1.54) is 0 Å². The lowest BCUT2D eigenvalue weighted by Gasteiger charge is -2.31. The van der Waals surface area contributed by atoms with Crippen molar-refractivity contribution < 1.29 is 9.53 Å². The van der Waals surface area contributed by atoms with Gasteiger partial charge in [-0.05, 0) is 12.3 Å². The molecule has 0 bridgehead atoms. The highest BCUT2D eigenvalue weighted by Gasteiger charge is 2.38. The third-order valence-corrected chi connectivity index (χ3v) is 2.98. The number of amides is 1. The molecule has 0 aliphatic carbocycles. The first-order valence-electron chi connectivity index (χ1n) is 5.32. The maximum atomic E-state index is 11.7. The van der Waals surface area contributed by atoms with Crippen LogP contribution in [0.2, 0.25) is 0 Å². The van der Waals surface area contributed by atoms with E-state index in [1.54, 1.807) is 0 Å². The molecule has 2 aliphatic heterocycles. The zero-order chi connectivity index (χ0) is 10.1. The number of hydrogen-bond donors (Lipinski definition) is 1. The van der Waals surface area contributed by atoms with Crippen LogP contribution in [0.1, 0.15) is 20.3 Å². The van der Waals surface area contributed by atoms with Gasteiger partial charge in [0, 0.05) is 6.61 Å². The summed E-state index contributed by atoms with van der Waals surface area (Å²) in [4.78, 5) is 13.7. The first kappa shape index (κ1) is 9.93. The van der Waals surface area contributed by atoms with Crippen molar-refractivity contribution in [2.75, 3.05) is 19.8 Å². The molecule has 0 aromatic rings. The fourth-order valence-corrected chi connectivity index (χ4v) is 2.27. The zero-order valence-corrected chi connectivity index (χ0v) is 8.82. The SMILES string of the molecule is CC(C)C1NCC(=O)N1C1CCOC1. The molecule has 4 heteroatoms. The van der Waals surface area contributed by atoms with Crippen LogP contribution in [0.4, 0.5) is 0 Å². The highest BCUT2D eigenvalue weighted by atomic mass is 16.5. The van der Waals surface area contributed by atoms with Gasteiger partial charge in [-0.15, -0.1) is 0 Å². The van der Waals surface area contributed by atoms with Crippen LogP contribution in [-0.2, 0) is 9.53 Å². The van der Waals surface area contributed by atoms with E-state index >= 15 is 0 Å². The second-order valence-electron chi connectivity index (χ2n) is 4.39. The third-order valence-electron chi connectivity index (χ3n) is 2.98. The Morgan fingerprint density at radius 1 is 1.57 bits per heavy atom. The topological polar surface area (TPSA) is 41.6 Å². The molecule has 80 valence electrons. The normalized spacial score (nSPS) is 33.4. The van der Waals surface area contributed by atoms with E-state index in [1.807, 2.05) is 4.90 Å². The van der Waals surface area contributed by atoms with Gasteiger partial charge in [0.25, 0.3) is 0 Å². The summed E-state index contributed by atoms with van der Waals surface area (Å²) in [7, 11) is 0. The summed E-state index contributed by atoms with van der Waals surface area (Å²) in [5, 5.41) is 3.25. The van der Waals surface area contributed by atoms with Crippen molar-refractivity contribution in [3.05, 3.63) is 0 Å². The van der Waals surface area contributed by atoms with Crippen molar-refractivity contribution >= 4 is 5.91 Å². The molecule has 1 amide bonds. The molecule has 0 saturated carbocycles. The van der Waals surface area contributed by atoms with E-state index in [0.717, 1.165) is 13.0 Å². The van der Waals surface area contributed by atoms with Crippen LogP contribution < -0.4 is 5.32 Å². The Bertz CT molecular complexity index is 224. The fraction of sp³-hybridized carbons (Fsp3) is 0.900. The Balaban J connectivity index is 2.08. The van der Waals surface area contributed by atoms with Crippen LogP contribution >= 0.6 is 0 Å². The van der Waals surface area contributed by atoms with E-state index in [0.29, 0.717) is 25.1 Å². The van der Waals surface area contributed by atoms with Crippen LogP contribution in [0.15, 0.2) is 0 Å². The molecule has 2 heterocycles. The molecular weight excluding hydrogens is 180 g/mol. The number of carbonyl (C=O) groups is 1. The molecule has 4 nitrogen and oxygen atoms in total. The summed E-state index contributed by atoms with van der Waals surface area (Å²) in [5.41, 5.74) is 0. The standard InChI is InChI=1S/C10H18N2O2/c1-7(2)10-11-5-9(13)12(10)8-3-4-14-6-8/h7-8,10-11H,3-6H2,1-2H3. The second-order valence-corrected chi connectivity index (χ2v) is 4.39. The Morgan fingerprint density at radius 2 is 2.36 bits per heavy atom. The highest BCUT2D eigenvalue weighted by Crippen LogP contribution is 2.21. The summed E-state index contributed by atoms with van der Waals surface area (Å²) in [5.74, 6) is 0.682. The summed E-state index contributed by atoms with van der Waals surface area (Å²) >= 11 is 0. The molecule has 0 radical (unpaired) electrons. The van der Waals surface area contributed by atoms with Gasteiger partial charge in [-0.3, -0.25) is 10.1 Å². The maximum Gasteiger partial charge on any atom is 0.238 e. The molecule has 14 heavy (non-hydrogen) atoms. The molecule has 2 atom stereocenters. The first-order chi connectivity index (χ1) is 6.70. The van der Waals surface area contributed by atoms with Gasteiger partial charge < -0.3 is 9.64 Å². The monoisotopic (exact) mass is 198 g/mol. The van der Waals surface area contributed by atoms with E-state index in [2.05, 4.69) is 19.2 Å². The molecule has 2 fully saturated rings. The Hall–Kier alpha value is -0.610. The van der Waals surface area contributed by atoms with Gasteiger partial charge in [0.1, 0.15) is 0 Å². The summed E-state index contributed by atoms with van der Waals surface area (Å²) in [6.07, 6.45) is 1.19. The van der Waals surface area contributed by atoms with Gasteiger partial charge in [0.15, 0.2) is 0 Å². The first-order valence-corrected chi connectivity index (χ1v) is 5.32. The highest BCUT2D eigenvalue weighted by molar-refractivity contribution is 5.81. The van der Waals surface area contributed by atoms with Gasteiger partial charge in [0.05, 0.1) is 25.4 Å². The van der Waals surface area contributed by atoms with Crippen molar-refractivity contribution in [2.24, 2.45) is 5.92 Å². The minimum Gasteiger partial charge on any atom is -0.379 e. The zero-order valence-electron chi connectivity index (χ0n) is 8.82. The molecule has 2 rings (SSSR count). The maximum absolute atomic E-state index is 11.7. The lowest BCUT2D eigenvalue weighted by atomic mass is 10.1. The Morgan fingerprint density at radius 3 is 2.93 bits per heavy atom. The fourth-order valence-electron chi connectivity index (χ4n) is 2.27. The van der Waals surface area contributed by atoms with Crippen LogP contribution in [-0.4, -0.2) is 42.8 Å². The number of nitrogens with one attached hydrogen (secondary N) is 1. The summed E-state index contributed by atoms with van der Waals surface area (Å²) in [6.45, 7) is 6.26. The molecule has 2 unspecified atom stereocenters. The predicted octanol–water partition coefficient (Wildman–Crippen LogP) is 0.189. The molecule has 0 aromatic carbocycles. The lowest BCUT2D eigenvalue weighted by Crippen LogP contribution is -2.47. The van der Waals surface area contributed by atoms with Gasteiger partial charge >= 0.3 is 0 Å². The average molecular weight is 198 g/mol. The van der Waals surface area contributed by atoms with Crippen LogP contribution in [0.3, 0.4) is 0 Å². The van der Waals surface area contributed by atoms with Crippen molar-refractivity contribution in [3.63, 3.8) is 0 Å². The predicted molar refractivity (Wildman–Crippen MR) is 52.7 cm³/mol. The third kappa shape index (κ3) is 1.64. The quantitative estimate of drug-likeness (QED) is 0.688.